The van der Waals surface area contributed by atoms with Gasteiger partial charge in [0, 0.05) is 6.20 Å². The van der Waals surface area contributed by atoms with Crippen LogP contribution in [0.4, 0.5) is 5.82 Å². The number of nitrogens with zero attached hydrogens (tertiary/aromatic N) is 1. The van der Waals surface area contributed by atoms with Gasteiger partial charge in [0.25, 0.3) is 0 Å². The maximum Gasteiger partial charge on any atom is 0.126 e. The van der Waals surface area contributed by atoms with Gasteiger partial charge in [0.15, 0.2) is 0 Å². The molecule has 0 aliphatic heterocycles. The summed E-state index contributed by atoms with van der Waals surface area (Å²) in [6, 6.07) is 3.67. The molecule has 0 atom stereocenters. The van der Waals surface area contributed by atoms with E-state index in [-0.39, 0.29) is 12.1 Å². The van der Waals surface area contributed by atoms with Crippen LogP contribution in [-0.4, -0.2) is 22.2 Å². The Bertz CT molecular complexity index is 358. The number of anilines is 1. The number of aromatic nitrogens is 1. The smallest absolute Gasteiger partial charge is 0.126 e. The Balaban J connectivity index is 2.06. The van der Waals surface area contributed by atoms with Crippen LogP contribution in [0.5, 0.6) is 0 Å². The van der Waals surface area contributed by atoms with E-state index in [1.807, 2.05) is 12.1 Å². The molecule has 0 unspecified atom stereocenters. The first-order chi connectivity index (χ1) is 8.13. The van der Waals surface area contributed by atoms with Crippen molar-refractivity contribution in [2.24, 2.45) is 5.92 Å². The summed E-state index contributed by atoms with van der Waals surface area (Å²) >= 11 is 5.80. The van der Waals surface area contributed by atoms with Crippen LogP contribution in [0, 0.1) is 5.92 Å². The summed E-state index contributed by atoms with van der Waals surface area (Å²) in [7, 11) is 0. The lowest BCUT2D eigenvalue weighted by atomic mass is 9.77. The third-order valence-electron chi connectivity index (χ3n) is 3.65. The third kappa shape index (κ3) is 3.11. The number of aliphatic hydroxyl groups excluding tert-OH is 1. The van der Waals surface area contributed by atoms with Gasteiger partial charge in [0.05, 0.1) is 17.2 Å². The predicted octanol–water partition coefficient (Wildman–Crippen LogP) is 3.09. The SMILES string of the molecule is CC1CCC(CO)(Nc2ccc(Cl)cn2)CC1. The van der Waals surface area contributed by atoms with Gasteiger partial charge in [-0.2, -0.15) is 0 Å². The van der Waals surface area contributed by atoms with Gasteiger partial charge < -0.3 is 10.4 Å². The highest BCUT2D eigenvalue weighted by atomic mass is 35.5. The molecule has 0 bridgehead atoms. The number of hydrogen-bond acceptors (Lipinski definition) is 3. The summed E-state index contributed by atoms with van der Waals surface area (Å²) in [5.41, 5.74) is -0.201. The van der Waals surface area contributed by atoms with Crippen molar-refractivity contribution in [3.63, 3.8) is 0 Å². The van der Waals surface area contributed by atoms with E-state index in [2.05, 4.69) is 17.2 Å². The molecular weight excluding hydrogens is 236 g/mol. The number of nitrogens with one attached hydrogen (secondary N) is 1. The molecule has 94 valence electrons. The Morgan fingerprint density at radius 3 is 2.71 bits per heavy atom. The van der Waals surface area contributed by atoms with Gasteiger partial charge in [0.2, 0.25) is 0 Å². The normalized spacial score (nSPS) is 29.0. The fourth-order valence-corrected chi connectivity index (χ4v) is 2.47. The number of halogens is 1. The van der Waals surface area contributed by atoms with Gasteiger partial charge in [-0.25, -0.2) is 4.98 Å². The van der Waals surface area contributed by atoms with E-state index < -0.39 is 0 Å². The molecule has 0 spiro atoms. The van der Waals surface area contributed by atoms with Crippen LogP contribution in [-0.2, 0) is 0 Å². The van der Waals surface area contributed by atoms with Crippen molar-refractivity contribution in [1.29, 1.82) is 0 Å². The number of pyridine rings is 1. The first-order valence-corrected chi connectivity index (χ1v) is 6.52. The molecule has 0 saturated heterocycles. The summed E-state index contributed by atoms with van der Waals surface area (Å²) in [6.45, 7) is 2.42. The molecular formula is C13H19ClN2O. The maximum absolute atomic E-state index is 9.63. The molecule has 17 heavy (non-hydrogen) atoms. The molecule has 1 aliphatic carbocycles. The van der Waals surface area contributed by atoms with Crippen LogP contribution >= 0.6 is 11.6 Å². The van der Waals surface area contributed by atoms with E-state index in [4.69, 9.17) is 11.6 Å². The minimum absolute atomic E-state index is 0.157. The predicted molar refractivity (Wildman–Crippen MR) is 70.3 cm³/mol. The van der Waals surface area contributed by atoms with Crippen LogP contribution in [0.2, 0.25) is 5.02 Å². The maximum atomic E-state index is 9.63. The largest absolute Gasteiger partial charge is 0.394 e. The molecule has 1 fully saturated rings. The lowest BCUT2D eigenvalue weighted by molar-refractivity contribution is 0.155. The summed E-state index contributed by atoms with van der Waals surface area (Å²) in [4.78, 5) is 4.23. The van der Waals surface area contributed by atoms with Crippen molar-refractivity contribution in [1.82, 2.24) is 4.98 Å². The highest BCUT2D eigenvalue weighted by Crippen LogP contribution is 2.34. The van der Waals surface area contributed by atoms with Crippen LogP contribution in [0.3, 0.4) is 0 Å². The minimum atomic E-state index is -0.201. The molecule has 0 radical (unpaired) electrons. The van der Waals surface area contributed by atoms with E-state index in [0.717, 1.165) is 37.4 Å². The first-order valence-electron chi connectivity index (χ1n) is 6.14. The van der Waals surface area contributed by atoms with Gasteiger partial charge >= 0.3 is 0 Å². The Morgan fingerprint density at radius 1 is 1.47 bits per heavy atom. The van der Waals surface area contributed by atoms with Crippen LogP contribution in [0.15, 0.2) is 18.3 Å². The first kappa shape index (κ1) is 12.7. The number of hydrogen-bond donors (Lipinski definition) is 2. The van der Waals surface area contributed by atoms with Crippen molar-refractivity contribution in [2.45, 2.75) is 38.1 Å². The Hall–Kier alpha value is -0.800. The van der Waals surface area contributed by atoms with Crippen molar-refractivity contribution in [3.8, 4) is 0 Å². The Kier molecular flexibility index (Phi) is 3.89. The van der Waals surface area contributed by atoms with Crippen molar-refractivity contribution in [2.75, 3.05) is 11.9 Å². The molecule has 1 aromatic heterocycles. The molecule has 3 nitrogen and oxygen atoms in total. The van der Waals surface area contributed by atoms with E-state index in [1.54, 1.807) is 6.20 Å². The highest BCUT2D eigenvalue weighted by Gasteiger charge is 2.33. The van der Waals surface area contributed by atoms with Crippen LogP contribution in [0.1, 0.15) is 32.6 Å². The standard InChI is InChI=1S/C13H19ClN2O/c1-10-4-6-13(9-17,7-5-10)16-12-3-2-11(14)8-15-12/h2-3,8,10,17H,4-7,9H2,1H3,(H,15,16). The monoisotopic (exact) mass is 254 g/mol. The minimum Gasteiger partial charge on any atom is -0.394 e. The second-order valence-electron chi connectivity index (χ2n) is 5.11. The third-order valence-corrected chi connectivity index (χ3v) is 3.88. The fraction of sp³-hybridized carbons (Fsp3) is 0.615. The van der Waals surface area contributed by atoms with Gasteiger partial charge in [-0.1, -0.05) is 18.5 Å². The summed E-state index contributed by atoms with van der Waals surface area (Å²) in [5.74, 6) is 1.55. The lowest BCUT2D eigenvalue weighted by Gasteiger charge is -2.39. The molecule has 1 aromatic rings. The average molecular weight is 255 g/mol. The van der Waals surface area contributed by atoms with E-state index in [0.29, 0.717) is 5.02 Å². The fourth-order valence-electron chi connectivity index (χ4n) is 2.36. The Morgan fingerprint density at radius 2 is 2.18 bits per heavy atom. The summed E-state index contributed by atoms with van der Waals surface area (Å²) in [5, 5.41) is 13.6. The zero-order valence-electron chi connectivity index (χ0n) is 10.1. The van der Waals surface area contributed by atoms with Crippen molar-refractivity contribution < 1.29 is 5.11 Å². The molecule has 0 amide bonds. The second-order valence-corrected chi connectivity index (χ2v) is 5.54. The summed E-state index contributed by atoms with van der Waals surface area (Å²) < 4.78 is 0. The van der Waals surface area contributed by atoms with Gasteiger partial charge in [0.1, 0.15) is 5.82 Å². The zero-order chi connectivity index (χ0) is 12.3. The molecule has 1 aliphatic rings. The van der Waals surface area contributed by atoms with Crippen LogP contribution < -0.4 is 5.32 Å². The number of rotatable bonds is 3. The topological polar surface area (TPSA) is 45.1 Å². The van der Waals surface area contributed by atoms with Crippen molar-refractivity contribution in [3.05, 3.63) is 23.4 Å². The molecule has 4 heteroatoms. The highest BCUT2D eigenvalue weighted by molar-refractivity contribution is 6.30. The molecule has 1 heterocycles. The zero-order valence-corrected chi connectivity index (χ0v) is 10.9. The Labute approximate surface area is 107 Å². The van der Waals surface area contributed by atoms with E-state index in [9.17, 15) is 5.11 Å². The molecule has 0 aromatic carbocycles. The van der Waals surface area contributed by atoms with Gasteiger partial charge in [-0.05, 0) is 43.7 Å². The molecule has 2 N–H and O–H groups in total. The quantitative estimate of drug-likeness (QED) is 0.871. The van der Waals surface area contributed by atoms with Crippen LogP contribution in [0.25, 0.3) is 0 Å². The lowest BCUT2D eigenvalue weighted by Crippen LogP contribution is -2.45. The van der Waals surface area contributed by atoms with E-state index in [1.165, 1.54) is 0 Å². The number of aliphatic hydroxyl groups is 1. The van der Waals surface area contributed by atoms with Gasteiger partial charge in [-0.3, -0.25) is 0 Å². The molecule has 2 rings (SSSR count). The van der Waals surface area contributed by atoms with Gasteiger partial charge in [-0.15, -0.1) is 0 Å². The average Bonchev–Trinajstić information content (AvgIpc) is 2.35. The van der Waals surface area contributed by atoms with E-state index >= 15 is 0 Å². The molecule has 1 saturated carbocycles. The summed E-state index contributed by atoms with van der Waals surface area (Å²) in [6.07, 6.45) is 5.92. The van der Waals surface area contributed by atoms with Crippen molar-refractivity contribution >= 4 is 17.4 Å². The second kappa shape index (κ2) is 5.23.